The molecule has 0 aliphatic carbocycles. The van der Waals surface area contributed by atoms with Crippen molar-refractivity contribution in [2.24, 2.45) is 5.92 Å². The van der Waals surface area contributed by atoms with Gasteiger partial charge in [-0.05, 0) is 25.2 Å². The van der Waals surface area contributed by atoms with E-state index in [1.54, 1.807) is 18.2 Å². The van der Waals surface area contributed by atoms with Crippen LogP contribution in [-0.4, -0.2) is 27.2 Å². The molecule has 1 aromatic carbocycles. The number of nitro benzene ring substituents is 1. The zero-order valence-electron chi connectivity index (χ0n) is 12.4. The number of hydrogen-bond donors (Lipinski definition) is 1. The lowest BCUT2D eigenvalue weighted by atomic mass is 9.81. The molecule has 7 heteroatoms. The molecule has 2 heterocycles. The molecule has 6 nitrogen and oxygen atoms in total. The van der Waals surface area contributed by atoms with Crippen LogP contribution in [0.4, 0.5) is 5.69 Å². The second-order valence-electron chi connectivity index (χ2n) is 5.75. The molecule has 0 aromatic heterocycles. The number of non-ortho nitro benzene ring substituents is 1. The monoisotopic (exact) mass is 319 g/mol. The van der Waals surface area contributed by atoms with Crippen LogP contribution >= 0.6 is 12.2 Å². The highest BCUT2D eigenvalue weighted by Crippen LogP contribution is 2.48. The molecule has 2 aliphatic heterocycles. The lowest BCUT2D eigenvalue weighted by Crippen LogP contribution is -2.68. The molecule has 116 valence electrons. The minimum absolute atomic E-state index is 0.0550. The number of rotatable bonds is 3. The summed E-state index contributed by atoms with van der Waals surface area (Å²) in [6.07, 6.45) is 1.78. The number of nitro groups is 1. The van der Waals surface area contributed by atoms with Crippen molar-refractivity contribution >= 4 is 23.0 Å². The Morgan fingerprint density at radius 1 is 1.64 bits per heavy atom. The van der Waals surface area contributed by atoms with Gasteiger partial charge in [0.25, 0.3) is 5.69 Å². The summed E-state index contributed by atoms with van der Waals surface area (Å²) in [5, 5.41) is 14.9. The second-order valence-corrected chi connectivity index (χ2v) is 6.14. The maximum atomic E-state index is 11.0. The smallest absolute Gasteiger partial charge is 0.270 e. The molecule has 0 radical (unpaired) electrons. The molecule has 3 rings (SSSR count). The fourth-order valence-electron chi connectivity index (χ4n) is 3.19. The lowest BCUT2D eigenvalue weighted by molar-refractivity contribution is -0.385. The third-order valence-corrected chi connectivity index (χ3v) is 4.91. The van der Waals surface area contributed by atoms with Gasteiger partial charge < -0.3 is 15.0 Å². The largest absolute Gasteiger partial charge is 0.467 e. The van der Waals surface area contributed by atoms with E-state index >= 15 is 0 Å². The van der Waals surface area contributed by atoms with Crippen LogP contribution in [-0.2, 0) is 0 Å². The van der Waals surface area contributed by atoms with Crippen LogP contribution in [0.3, 0.4) is 0 Å². The highest BCUT2D eigenvalue weighted by atomic mass is 32.1. The minimum atomic E-state index is -0.607. The average molecular weight is 319 g/mol. The number of hydrogen-bond acceptors (Lipinski definition) is 4. The van der Waals surface area contributed by atoms with Gasteiger partial charge in [0.15, 0.2) is 10.8 Å². The van der Waals surface area contributed by atoms with Crippen molar-refractivity contribution in [1.82, 2.24) is 10.2 Å². The van der Waals surface area contributed by atoms with E-state index in [-0.39, 0.29) is 17.6 Å². The Morgan fingerprint density at radius 2 is 2.36 bits per heavy atom. The summed E-state index contributed by atoms with van der Waals surface area (Å²) in [5.74, 6) is 0.717. The van der Waals surface area contributed by atoms with Crippen molar-refractivity contribution < 1.29 is 9.66 Å². The van der Waals surface area contributed by atoms with Gasteiger partial charge in [0.05, 0.1) is 11.0 Å². The summed E-state index contributed by atoms with van der Waals surface area (Å²) < 4.78 is 6.20. The quantitative estimate of drug-likeness (QED) is 0.400. The van der Waals surface area contributed by atoms with Gasteiger partial charge in [-0.1, -0.05) is 13.0 Å². The molecule has 0 amide bonds. The number of nitrogens with zero attached hydrogens (tertiary/aromatic N) is 2. The van der Waals surface area contributed by atoms with Gasteiger partial charge >= 0.3 is 0 Å². The molecule has 22 heavy (non-hydrogen) atoms. The Labute approximate surface area is 133 Å². The van der Waals surface area contributed by atoms with Crippen molar-refractivity contribution in [3.05, 3.63) is 46.5 Å². The molecule has 1 N–H and O–H groups in total. The highest BCUT2D eigenvalue weighted by molar-refractivity contribution is 7.80. The van der Waals surface area contributed by atoms with E-state index in [1.165, 1.54) is 6.07 Å². The molecular weight excluding hydrogens is 302 g/mol. The molecule has 2 aliphatic rings. The molecule has 0 unspecified atom stereocenters. The average Bonchev–Trinajstić information content (AvgIpc) is 2.47. The van der Waals surface area contributed by atoms with Gasteiger partial charge in [-0.3, -0.25) is 10.1 Å². The van der Waals surface area contributed by atoms with Crippen molar-refractivity contribution in [3.63, 3.8) is 0 Å². The Kier molecular flexibility index (Phi) is 3.32. The molecule has 0 spiro atoms. The van der Waals surface area contributed by atoms with Crippen LogP contribution in [0.5, 0.6) is 5.75 Å². The van der Waals surface area contributed by atoms with Gasteiger partial charge in [0.1, 0.15) is 5.75 Å². The van der Waals surface area contributed by atoms with E-state index in [0.717, 1.165) is 5.56 Å². The number of thiocarbonyl (C=S) groups is 1. The third-order valence-electron chi connectivity index (χ3n) is 4.57. The van der Waals surface area contributed by atoms with E-state index in [4.69, 9.17) is 17.0 Å². The number of nitrogens with one attached hydrogen (secondary N) is 1. The first kappa shape index (κ1) is 14.8. The Morgan fingerprint density at radius 3 is 3.00 bits per heavy atom. The predicted molar refractivity (Wildman–Crippen MR) is 86.7 cm³/mol. The fraction of sp³-hybridized carbons (Fsp3) is 0.400. The summed E-state index contributed by atoms with van der Waals surface area (Å²) in [6, 6.07) is 4.58. The summed E-state index contributed by atoms with van der Waals surface area (Å²) in [4.78, 5) is 12.6. The zero-order chi connectivity index (χ0) is 16.1. The van der Waals surface area contributed by atoms with E-state index in [9.17, 15) is 10.1 Å². The predicted octanol–water partition coefficient (Wildman–Crippen LogP) is 2.76. The van der Waals surface area contributed by atoms with Crippen LogP contribution in [0.1, 0.15) is 25.5 Å². The Bertz CT molecular complexity index is 678. The first-order chi connectivity index (χ1) is 10.4. The summed E-state index contributed by atoms with van der Waals surface area (Å²) in [6.45, 7) is 8.38. The van der Waals surface area contributed by atoms with Gasteiger partial charge in [-0.2, -0.15) is 0 Å². The Balaban J connectivity index is 2.11. The van der Waals surface area contributed by atoms with Gasteiger partial charge in [-0.15, -0.1) is 6.58 Å². The van der Waals surface area contributed by atoms with E-state index in [0.29, 0.717) is 17.4 Å². The highest BCUT2D eigenvalue weighted by Gasteiger charge is 2.53. The maximum Gasteiger partial charge on any atom is 0.270 e. The van der Waals surface area contributed by atoms with Crippen LogP contribution in [0.2, 0.25) is 0 Å². The molecular formula is C15H17N3O3S. The van der Waals surface area contributed by atoms with E-state index < -0.39 is 10.6 Å². The number of benzene rings is 1. The first-order valence-corrected chi connectivity index (χ1v) is 7.45. The number of ether oxygens (including phenoxy) is 1. The standard InChI is InChI=1S/C15H17N3O3S/c1-4-7-17-14(22)16-13-9(2)15(17,3)21-12-6-5-10(18(19)20)8-11(12)13/h4-6,8-9,13H,1,7H2,2-3H3,(H,16,22)/t9-,13+,15+/m1/s1. The van der Waals surface area contributed by atoms with Crippen LogP contribution in [0, 0.1) is 16.0 Å². The topological polar surface area (TPSA) is 67.6 Å². The van der Waals surface area contributed by atoms with Crippen LogP contribution in [0.15, 0.2) is 30.9 Å². The van der Waals surface area contributed by atoms with Gasteiger partial charge in [0.2, 0.25) is 0 Å². The molecule has 1 aromatic rings. The summed E-state index contributed by atoms with van der Waals surface area (Å²) in [7, 11) is 0. The van der Waals surface area contributed by atoms with E-state index in [2.05, 4.69) is 18.8 Å². The van der Waals surface area contributed by atoms with Gasteiger partial charge in [-0.25, -0.2) is 0 Å². The van der Waals surface area contributed by atoms with Crippen molar-refractivity contribution in [1.29, 1.82) is 0 Å². The summed E-state index contributed by atoms with van der Waals surface area (Å²) >= 11 is 5.44. The fourth-order valence-corrected chi connectivity index (χ4v) is 3.57. The van der Waals surface area contributed by atoms with Gasteiger partial charge in [0, 0.05) is 30.2 Å². The van der Waals surface area contributed by atoms with E-state index in [1.807, 2.05) is 11.8 Å². The molecule has 0 saturated carbocycles. The molecule has 2 bridgehead atoms. The Hall–Kier alpha value is -2.15. The maximum absolute atomic E-state index is 11.0. The van der Waals surface area contributed by atoms with Crippen molar-refractivity contribution in [2.75, 3.05) is 6.54 Å². The first-order valence-electron chi connectivity index (χ1n) is 7.05. The molecule has 1 saturated heterocycles. The summed E-state index contributed by atoms with van der Waals surface area (Å²) in [5.41, 5.74) is 0.226. The van der Waals surface area contributed by atoms with Crippen molar-refractivity contribution in [2.45, 2.75) is 25.6 Å². The zero-order valence-corrected chi connectivity index (χ0v) is 13.2. The van der Waals surface area contributed by atoms with Crippen molar-refractivity contribution in [3.8, 4) is 5.75 Å². The normalized spacial score (nSPS) is 29.2. The molecule has 1 fully saturated rings. The number of fused-ring (bicyclic) bond motifs is 4. The third kappa shape index (κ3) is 1.96. The van der Waals surface area contributed by atoms with Crippen LogP contribution < -0.4 is 10.1 Å². The molecule has 3 atom stereocenters. The SMILES string of the molecule is C=CCN1C(=S)N[C@@H]2c3cc([N+](=O)[O-])ccc3O[C@@]1(C)[C@@H]2C. The second kappa shape index (κ2) is 4.95. The lowest BCUT2D eigenvalue weighted by Gasteiger charge is -2.55. The van der Waals surface area contributed by atoms with Crippen LogP contribution in [0.25, 0.3) is 0 Å². The minimum Gasteiger partial charge on any atom is -0.467 e.